The molecule has 1 amide bonds. The minimum absolute atomic E-state index is 0.0317. The summed E-state index contributed by atoms with van der Waals surface area (Å²) in [6.45, 7) is 9.14. The number of hydrogen-bond acceptors (Lipinski definition) is 4. The molecule has 3 aromatic rings. The molecule has 0 radical (unpaired) electrons. The third kappa shape index (κ3) is 4.89. The first-order chi connectivity index (χ1) is 16.9. The largest absolute Gasteiger partial charge is 0.366 e. The van der Waals surface area contributed by atoms with Crippen LogP contribution in [0.2, 0.25) is 0 Å². The van der Waals surface area contributed by atoms with Crippen molar-refractivity contribution in [1.29, 1.82) is 0 Å². The van der Waals surface area contributed by atoms with Crippen molar-refractivity contribution in [1.82, 2.24) is 19.4 Å². The van der Waals surface area contributed by atoms with Crippen LogP contribution in [-0.4, -0.2) is 64.5 Å². The lowest BCUT2D eigenvalue weighted by Crippen LogP contribution is -2.51. The predicted molar refractivity (Wildman–Crippen MR) is 133 cm³/mol. The van der Waals surface area contributed by atoms with Crippen LogP contribution in [0.3, 0.4) is 0 Å². The van der Waals surface area contributed by atoms with E-state index in [0.29, 0.717) is 37.9 Å². The molecule has 35 heavy (non-hydrogen) atoms. The molecule has 0 bridgehead atoms. The van der Waals surface area contributed by atoms with E-state index in [-0.39, 0.29) is 11.8 Å². The molecule has 2 fully saturated rings. The molecule has 2 aromatic carbocycles. The number of piperidine rings is 1. The van der Waals surface area contributed by atoms with Crippen LogP contribution in [0.15, 0.2) is 42.5 Å². The van der Waals surface area contributed by atoms with Gasteiger partial charge in [-0.3, -0.25) is 9.69 Å². The molecule has 2 aliphatic heterocycles. The van der Waals surface area contributed by atoms with Crippen molar-refractivity contribution in [3.05, 3.63) is 59.9 Å². The van der Waals surface area contributed by atoms with Gasteiger partial charge < -0.3 is 14.4 Å². The molecule has 5 rings (SSSR count). The Bertz CT molecular complexity index is 1190. The van der Waals surface area contributed by atoms with Crippen molar-refractivity contribution in [2.24, 2.45) is 5.92 Å². The van der Waals surface area contributed by atoms with Crippen molar-refractivity contribution in [2.45, 2.75) is 39.3 Å². The van der Waals surface area contributed by atoms with Gasteiger partial charge in [-0.05, 0) is 64.0 Å². The summed E-state index contributed by atoms with van der Waals surface area (Å²) in [5.41, 5.74) is 2.60. The average Bonchev–Trinajstić information content (AvgIpc) is 3.22. The highest BCUT2D eigenvalue weighted by atomic mass is 19.1. The number of halogens is 2. The number of amides is 1. The first kappa shape index (κ1) is 23.7. The Morgan fingerprint density at radius 3 is 2.40 bits per heavy atom. The number of imidazole rings is 1. The van der Waals surface area contributed by atoms with Gasteiger partial charge >= 0.3 is 0 Å². The number of nitrogens with zero attached hydrogens (tertiary/aromatic N) is 5. The summed E-state index contributed by atoms with van der Waals surface area (Å²) in [6.07, 6.45) is 1.68. The monoisotopic (exact) mass is 481 g/mol. The van der Waals surface area contributed by atoms with Crippen LogP contribution in [0.4, 0.5) is 14.5 Å². The molecule has 2 aliphatic rings. The first-order valence-corrected chi connectivity index (χ1v) is 12.6. The lowest BCUT2D eigenvalue weighted by molar-refractivity contribution is -0.137. The molecule has 0 unspecified atom stereocenters. The second-order valence-corrected chi connectivity index (χ2v) is 9.94. The zero-order valence-corrected chi connectivity index (χ0v) is 20.5. The number of carbonyl (C=O) groups is 1. The van der Waals surface area contributed by atoms with E-state index in [9.17, 15) is 13.6 Å². The van der Waals surface area contributed by atoms with Crippen LogP contribution in [0.25, 0.3) is 11.0 Å². The Balaban J connectivity index is 1.15. The lowest BCUT2D eigenvalue weighted by atomic mass is 9.95. The van der Waals surface area contributed by atoms with Gasteiger partial charge in [0.15, 0.2) is 0 Å². The number of para-hydroxylation sites is 2. The molecule has 1 aromatic heterocycles. The molecular weight excluding hydrogens is 448 g/mol. The third-order valence-corrected chi connectivity index (χ3v) is 7.33. The van der Waals surface area contributed by atoms with E-state index >= 15 is 0 Å². The normalized spacial score (nSPS) is 18.1. The van der Waals surface area contributed by atoms with E-state index in [2.05, 4.69) is 41.5 Å². The summed E-state index contributed by atoms with van der Waals surface area (Å²) in [5.74, 6) is 0.189. The molecule has 3 heterocycles. The van der Waals surface area contributed by atoms with Gasteiger partial charge in [0.2, 0.25) is 5.91 Å². The van der Waals surface area contributed by atoms with Gasteiger partial charge in [0.25, 0.3) is 0 Å². The van der Waals surface area contributed by atoms with Crippen LogP contribution in [0.5, 0.6) is 0 Å². The Labute approximate surface area is 205 Å². The van der Waals surface area contributed by atoms with Crippen LogP contribution >= 0.6 is 0 Å². The van der Waals surface area contributed by atoms with E-state index in [1.807, 2.05) is 15.9 Å². The molecule has 0 atom stereocenters. The number of carbonyl (C=O) groups excluding carboxylic acids is 1. The summed E-state index contributed by atoms with van der Waals surface area (Å²) in [7, 11) is 0. The summed E-state index contributed by atoms with van der Waals surface area (Å²) < 4.78 is 29.7. The van der Waals surface area contributed by atoms with Gasteiger partial charge in [-0.2, -0.15) is 0 Å². The number of piperazine rings is 1. The number of fused-ring (bicyclic) bond motifs is 1. The average molecular weight is 482 g/mol. The first-order valence-electron chi connectivity index (χ1n) is 12.6. The van der Waals surface area contributed by atoms with Crippen LogP contribution < -0.4 is 4.90 Å². The SMILES string of the molecule is CC(C)n1c(CN2CCC(C(=O)N3CCN(c4ccc(F)cc4F)CC3)CC2)nc2ccccc21. The van der Waals surface area contributed by atoms with Crippen molar-refractivity contribution in [2.75, 3.05) is 44.2 Å². The Hall–Kier alpha value is -3.00. The smallest absolute Gasteiger partial charge is 0.225 e. The lowest BCUT2D eigenvalue weighted by Gasteiger charge is -2.39. The zero-order chi connectivity index (χ0) is 24.5. The van der Waals surface area contributed by atoms with Crippen molar-refractivity contribution in [3.8, 4) is 0 Å². The highest BCUT2D eigenvalue weighted by Crippen LogP contribution is 2.26. The van der Waals surface area contributed by atoms with Gasteiger partial charge in [0.1, 0.15) is 17.5 Å². The van der Waals surface area contributed by atoms with Gasteiger partial charge in [-0.1, -0.05) is 12.1 Å². The van der Waals surface area contributed by atoms with Crippen LogP contribution in [0.1, 0.15) is 38.6 Å². The quantitative estimate of drug-likeness (QED) is 0.540. The second-order valence-electron chi connectivity index (χ2n) is 9.94. The highest BCUT2D eigenvalue weighted by molar-refractivity contribution is 5.79. The van der Waals surface area contributed by atoms with E-state index in [1.54, 1.807) is 0 Å². The van der Waals surface area contributed by atoms with Crippen LogP contribution in [0, 0.1) is 17.6 Å². The minimum Gasteiger partial charge on any atom is -0.366 e. The number of likely N-dealkylation sites (tertiary alicyclic amines) is 1. The summed E-state index contributed by atoms with van der Waals surface area (Å²) in [6, 6.07) is 12.3. The topological polar surface area (TPSA) is 44.6 Å². The number of rotatable bonds is 5. The highest BCUT2D eigenvalue weighted by Gasteiger charge is 2.31. The van der Waals surface area contributed by atoms with Crippen LogP contribution in [-0.2, 0) is 11.3 Å². The summed E-state index contributed by atoms with van der Waals surface area (Å²) in [5, 5.41) is 0. The standard InChI is InChI=1S/C27H33F2N5O/c1-19(2)34-25-6-4-3-5-23(25)30-26(34)18-31-11-9-20(10-12-31)27(35)33-15-13-32(14-16-33)24-8-7-21(28)17-22(24)29/h3-8,17,19-20H,9-16,18H2,1-2H3. The van der Waals surface area contributed by atoms with Crippen molar-refractivity contribution < 1.29 is 13.6 Å². The zero-order valence-electron chi connectivity index (χ0n) is 20.5. The van der Waals surface area contributed by atoms with E-state index in [1.165, 1.54) is 17.6 Å². The molecule has 2 saturated heterocycles. The molecule has 6 nitrogen and oxygen atoms in total. The molecule has 0 saturated carbocycles. The maximum Gasteiger partial charge on any atom is 0.225 e. The fourth-order valence-electron chi connectivity index (χ4n) is 5.48. The molecular formula is C27H33F2N5O. The summed E-state index contributed by atoms with van der Waals surface area (Å²) >= 11 is 0. The Morgan fingerprint density at radius 2 is 1.71 bits per heavy atom. The fraction of sp³-hybridized carbons (Fsp3) is 0.481. The van der Waals surface area contributed by atoms with Crippen molar-refractivity contribution in [3.63, 3.8) is 0 Å². The second kappa shape index (κ2) is 9.93. The molecule has 0 aliphatic carbocycles. The number of hydrogen-bond donors (Lipinski definition) is 0. The molecule has 8 heteroatoms. The molecule has 0 N–H and O–H groups in total. The third-order valence-electron chi connectivity index (χ3n) is 7.33. The molecule has 0 spiro atoms. The fourth-order valence-corrected chi connectivity index (χ4v) is 5.48. The van der Waals surface area contributed by atoms with Crippen molar-refractivity contribution >= 4 is 22.6 Å². The number of aromatic nitrogens is 2. The van der Waals surface area contributed by atoms with E-state index < -0.39 is 11.6 Å². The maximum atomic E-state index is 14.1. The van der Waals surface area contributed by atoms with Gasteiger partial charge in [-0.15, -0.1) is 0 Å². The summed E-state index contributed by atoms with van der Waals surface area (Å²) in [4.78, 5) is 24.3. The van der Waals surface area contributed by atoms with E-state index in [0.717, 1.165) is 49.9 Å². The van der Waals surface area contributed by atoms with E-state index in [4.69, 9.17) is 4.98 Å². The minimum atomic E-state index is -0.576. The molecule has 186 valence electrons. The number of anilines is 1. The predicted octanol–water partition coefficient (Wildman–Crippen LogP) is 4.46. The maximum absolute atomic E-state index is 14.1. The van der Waals surface area contributed by atoms with Gasteiger partial charge in [0.05, 0.1) is 23.3 Å². The van der Waals surface area contributed by atoms with Gasteiger partial charge in [0, 0.05) is 44.2 Å². The Kier molecular flexibility index (Phi) is 6.73. The number of benzene rings is 2. The van der Waals surface area contributed by atoms with Gasteiger partial charge in [-0.25, -0.2) is 13.8 Å². The Morgan fingerprint density at radius 1 is 1.00 bits per heavy atom.